The maximum Gasteiger partial charge on any atom is 0.123 e. The highest BCUT2D eigenvalue weighted by molar-refractivity contribution is 9.10. The van der Waals surface area contributed by atoms with Crippen molar-refractivity contribution in [3.63, 3.8) is 0 Å². The molecule has 0 aliphatic rings. The molecule has 3 nitrogen and oxygen atoms in total. The predicted octanol–water partition coefficient (Wildman–Crippen LogP) is 4.06. The van der Waals surface area contributed by atoms with Gasteiger partial charge in [-0.25, -0.2) is 0 Å². The molecule has 2 rings (SSSR count). The van der Waals surface area contributed by atoms with E-state index in [1.165, 1.54) is 0 Å². The van der Waals surface area contributed by atoms with Crippen molar-refractivity contribution < 1.29 is 9.47 Å². The number of benzene rings is 2. The number of para-hydroxylation sites is 1. The van der Waals surface area contributed by atoms with Crippen LogP contribution in [0.5, 0.6) is 11.5 Å². The molecule has 2 N–H and O–H groups in total. The third-order valence-corrected chi connectivity index (χ3v) is 3.64. The van der Waals surface area contributed by atoms with Gasteiger partial charge in [0.05, 0.1) is 13.2 Å². The zero-order valence-electron chi connectivity index (χ0n) is 12.1. The van der Waals surface area contributed by atoms with E-state index in [2.05, 4.69) is 15.9 Å². The van der Waals surface area contributed by atoms with E-state index in [4.69, 9.17) is 15.2 Å². The minimum absolute atomic E-state index is 0.490. The van der Waals surface area contributed by atoms with E-state index in [0.29, 0.717) is 19.8 Å². The average Bonchev–Trinajstić information content (AvgIpc) is 2.50. The van der Waals surface area contributed by atoms with Crippen LogP contribution in [0.15, 0.2) is 46.9 Å². The maximum atomic E-state index is 5.78. The Kier molecular flexibility index (Phi) is 6.08. The zero-order valence-corrected chi connectivity index (χ0v) is 13.7. The van der Waals surface area contributed by atoms with Crippen molar-refractivity contribution in [2.24, 2.45) is 5.73 Å². The third kappa shape index (κ3) is 4.76. The molecule has 0 saturated heterocycles. The average molecular weight is 350 g/mol. The van der Waals surface area contributed by atoms with Crippen LogP contribution in [0.25, 0.3) is 0 Å². The molecule has 0 heterocycles. The Morgan fingerprint density at radius 1 is 1.00 bits per heavy atom. The molecule has 0 radical (unpaired) electrons. The van der Waals surface area contributed by atoms with E-state index < -0.39 is 0 Å². The molecule has 0 bridgehead atoms. The lowest BCUT2D eigenvalue weighted by atomic mass is 10.2. The monoisotopic (exact) mass is 349 g/mol. The van der Waals surface area contributed by atoms with Crippen LogP contribution in [0.3, 0.4) is 0 Å². The van der Waals surface area contributed by atoms with Gasteiger partial charge < -0.3 is 15.2 Å². The van der Waals surface area contributed by atoms with Crippen molar-refractivity contribution in [2.75, 3.05) is 13.2 Å². The van der Waals surface area contributed by atoms with Crippen LogP contribution in [0.2, 0.25) is 0 Å². The van der Waals surface area contributed by atoms with E-state index in [9.17, 15) is 0 Å². The number of rotatable bonds is 7. The summed E-state index contributed by atoms with van der Waals surface area (Å²) in [5, 5.41) is 0. The Hall–Kier alpha value is -1.52. The summed E-state index contributed by atoms with van der Waals surface area (Å²) in [5.41, 5.74) is 7.84. The van der Waals surface area contributed by atoms with Gasteiger partial charge in [-0.2, -0.15) is 0 Å². The normalized spacial score (nSPS) is 10.4. The molecular weight excluding hydrogens is 330 g/mol. The number of ether oxygens (including phenoxy) is 2. The molecule has 0 saturated carbocycles. The molecular formula is C17H20BrNO2. The van der Waals surface area contributed by atoms with Crippen molar-refractivity contribution in [1.82, 2.24) is 0 Å². The molecule has 0 spiro atoms. The van der Waals surface area contributed by atoms with Gasteiger partial charge in [0.2, 0.25) is 0 Å². The number of halogens is 1. The summed E-state index contributed by atoms with van der Waals surface area (Å²) in [6, 6.07) is 13.9. The summed E-state index contributed by atoms with van der Waals surface area (Å²) >= 11 is 3.45. The molecule has 0 fully saturated rings. The summed E-state index contributed by atoms with van der Waals surface area (Å²) in [6.07, 6.45) is 0.824. The number of aryl methyl sites for hydroxylation is 1. The predicted molar refractivity (Wildman–Crippen MR) is 88.8 cm³/mol. The van der Waals surface area contributed by atoms with E-state index >= 15 is 0 Å². The van der Waals surface area contributed by atoms with E-state index in [0.717, 1.165) is 33.5 Å². The molecule has 21 heavy (non-hydrogen) atoms. The lowest BCUT2D eigenvalue weighted by molar-refractivity contribution is 0.245. The SMILES string of the molecule is Cc1ccc(Br)cc1OCCCOc1ccccc1CN. The number of nitrogens with two attached hydrogens (primary N) is 1. The van der Waals surface area contributed by atoms with Crippen molar-refractivity contribution in [3.05, 3.63) is 58.1 Å². The Morgan fingerprint density at radius 2 is 1.71 bits per heavy atom. The smallest absolute Gasteiger partial charge is 0.123 e. The van der Waals surface area contributed by atoms with E-state index in [1.54, 1.807) is 0 Å². The summed E-state index contributed by atoms with van der Waals surface area (Å²) in [7, 11) is 0. The maximum absolute atomic E-state index is 5.78. The quantitative estimate of drug-likeness (QED) is 0.766. The molecule has 0 aliphatic carbocycles. The van der Waals surface area contributed by atoms with Crippen molar-refractivity contribution in [2.45, 2.75) is 19.9 Å². The van der Waals surface area contributed by atoms with Gasteiger partial charge in [-0.15, -0.1) is 0 Å². The summed E-state index contributed by atoms with van der Waals surface area (Å²) in [5.74, 6) is 1.77. The Balaban J connectivity index is 1.76. The van der Waals surface area contributed by atoms with E-state index in [-0.39, 0.29) is 0 Å². The highest BCUT2D eigenvalue weighted by atomic mass is 79.9. The van der Waals surface area contributed by atoms with Gasteiger partial charge >= 0.3 is 0 Å². The van der Waals surface area contributed by atoms with Gasteiger partial charge in [0, 0.05) is 23.0 Å². The van der Waals surface area contributed by atoms with Crippen LogP contribution in [-0.2, 0) is 6.54 Å². The van der Waals surface area contributed by atoms with Gasteiger partial charge in [0.25, 0.3) is 0 Å². The van der Waals surface area contributed by atoms with Crippen molar-refractivity contribution in [1.29, 1.82) is 0 Å². The zero-order chi connectivity index (χ0) is 15.1. The standard InChI is InChI=1S/C17H20BrNO2/c1-13-7-8-15(18)11-17(13)21-10-4-9-20-16-6-3-2-5-14(16)12-19/h2-3,5-8,11H,4,9-10,12,19H2,1H3. The third-order valence-electron chi connectivity index (χ3n) is 3.15. The number of hydrogen-bond acceptors (Lipinski definition) is 3. The fraction of sp³-hybridized carbons (Fsp3) is 0.294. The first-order valence-electron chi connectivity index (χ1n) is 7.00. The number of hydrogen-bond donors (Lipinski definition) is 1. The highest BCUT2D eigenvalue weighted by Crippen LogP contribution is 2.23. The summed E-state index contributed by atoms with van der Waals surface area (Å²) < 4.78 is 12.6. The molecule has 2 aromatic rings. The second-order valence-corrected chi connectivity index (χ2v) is 5.69. The van der Waals surface area contributed by atoms with Gasteiger partial charge in [0.1, 0.15) is 11.5 Å². The van der Waals surface area contributed by atoms with Crippen LogP contribution < -0.4 is 15.2 Å². The Labute approximate surface area is 134 Å². The lowest BCUT2D eigenvalue weighted by Crippen LogP contribution is -2.07. The Morgan fingerprint density at radius 3 is 2.48 bits per heavy atom. The highest BCUT2D eigenvalue weighted by Gasteiger charge is 2.02. The molecule has 0 aromatic heterocycles. The molecule has 4 heteroatoms. The van der Waals surface area contributed by atoms with Crippen LogP contribution in [0.4, 0.5) is 0 Å². The first kappa shape index (κ1) is 15.9. The largest absolute Gasteiger partial charge is 0.493 e. The Bertz CT molecular complexity index is 587. The van der Waals surface area contributed by atoms with Gasteiger partial charge in [-0.3, -0.25) is 0 Å². The fourth-order valence-electron chi connectivity index (χ4n) is 1.97. The molecule has 0 atom stereocenters. The van der Waals surface area contributed by atoms with Crippen LogP contribution in [-0.4, -0.2) is 13.2 Å². The van der Waals surface area contributed by atoms with Gasteiger partial charge in [0.15, 0.2) is 0 Å². The lowest BCUT2D eigenvalue weighted by Gasteiger charge is -2.12. The minimum atomic E-state index is 0.490. The second kappa shape index (κ2) is 8.05. The van der Waals surface area contributed by atoms with Crippen LogP contribution in [0.1, 0.15) is 17.5 Å². The van der Waals surface area contributed by atoms with Gasteiger partial charge in [-0.1, -0.05) is 40.2 Å². The van der Waals surface area contributed by atoms with Gasteiger partial charge in [-0.05, 0) is 30.7 Å². The van der Waals surface area contributed by atoms with E-state index in [1.807, 2.05) is 49.4 Å². The minimum Gasteiger partial charge on any atom is -0.493 e. The van der Waals surface area contributed by atoms with Crippen LogP contribution in [0, 0.1) is 6.92 Å². The second-order valence-electron chi connectivity index (χ2n) is 4.77. The summed E-state index contributed by atoms with van der Waals surface area (Å²) in [6.45, 7) is 3.77. The van der Waals surface area contributed by atoms with Crippen molar-refractivity contribution >= 4 is 15.9 Å². The first-order chi connectivity index (χ1) is 10.2. The molecule has 0 amide bonds. The molecule has 0 aliphatic heterocycles. The first-order valence-corrected chi connectivity index (χ1v) is 7.79. The van der Waals surface area contributed by atoms with Crippen molar-refractivity contribution in [3.8, 4) is 11.5 Å². The summed E-state index contributed by atoms with van der Waals surface area (Å²) in [4.78, 5) is 0. The fourth-order valence-corrected chi connectivity index (χ4v) is 2.31. The topological polar surface area (TPSA) is 44.5 Å². The molecule has 0 unspecified atom stereocenters. The molecule has 112 valence electrons. The molecule has 2 aromatic carbocycles. The van der Waals surface area contributed by atoms with Crippen LogP contribution >= 0.6 is 15.9 Å².